The molecule has 0 saturated carbocycles. The van der Waals surface area contributed by atoms with E-state index in [1.807, 2.05) is 37.3 Å². The highest BCUT2D eigenvalue weighted by molar-refractivity contribution is 7.13. The van der Waals surface area contributed by atoms with Gasteiger partial charge in [0, 0.05) is 25.6 Å². The third-order valence-corrected chi connectivity index (χ3v) is 3.92. The number of nitrogens with one attached hydrogen (secondary N) is 1. The van der Waals surface area contributed by atoms with Gasteiger partial charge in [-0.15, -0.1) is 11.3 Å². The summed E-state index contributed by atoms with van der Waals surface area (Å²) in [6.07, 6.45) is 0.841. The van der Waals surface area contributed by atoms with Crippen LogP contribution in [0.15, 0.2) is 30.3 Å². The zero-order valence-electron chi connectivity index (χ0n) is 10.6. The fourth-order valence-electron chi connectivity index (χ4n) is 1.76. The summed E-state index contributed by atoms with van der Waals surface area (Å²) in [5.41, 5.74) is 1.96. The average Bonchev–Trinajstić information content (AvgIpc) is 2.72. The SMILES string of the molecule is CC(=O)c1sc(CCNc2ccccc2)nc1C. The molecule has 0 aliphatic heterocycles. The molecular weight excluding hydrogens is 244 g/mol. The fraction of sp³-hybridized carbons (Fsp3) is 0.286. The summed E-state index contributed by atoms with van der Waals surface area (Å²) < 4.78 is 0. The van der Waals surface area contributed by atoms with Crippen LogP contribution in [0.2, 0.25) is 0 Å². The maximum Gasteiger partial charge on any atom is 0.171 e. The van der Waals surface area contributed by atoms with Crippen LogP contribution in [0.1, 0.15) is 27.3 Å². The van der Waals surface area contributed by atoms with Crippen LogP contribution in [0.3, 0.4) is 0 Å². The molecule has 2 aromatic rings. The van der Waals surface area contributed by atoms with Gasteiger partial charge in [0.15, 0.2) is 5.78 Å². The molecule has 4 heteroatoms. The number of para-hydroxylation sites is 1. The van der Waals surface area contributed by atoms with Gasteiger partial charge in [-0.3, -0.25) is 4.79 Å². The molecule has 3 nitrogen and oxygen atoms in total. The van der Waals surface area contributed by atoms with Crippen LogP contribution in [-0.4, -0.2) is 17.3 Å². The molecule has 94 valence electrons. The number of hydrogen-bond acceptors (Lipinski definition) is 4. The fourth-order valence-corrected chi connectivity index (χ4v) is 2.72. The number of benzene rings is 1. The maximum absolute atomic E-state index is 11.3. The lowest BCUT2D eigenvalue weighted by Crippen LogP contribution is -2.04. The van der Waals surface area contributed by atoms with Gasteiger partial charge >= 0.3 is 0 Å². The lowest BCUT2D eigenvalue weighted by molar-refractivity contribution is 0.102. The van der Waals surface area contributed by atoms with Crippen molar-refractivity contribution in [2.45, 2.75) is 20.3 Å². The Labute approximate surface area is 111 Å². The Balaban J connectivity index is 1.91. The van der Waals surface area contributed by atoms with Gasteiger partial charge in [0.25, 0.3) is 0 Å². The van der Waals surface area contributed by atoms with E-state index in [4.69, 9.17) is 0 Å². The molecule has 0 aliphatic carbocycles. The van der Waals surface area contributed by atoms with Crippen molar-refractivity contribution in [3.8, 4) is 0 Å². The van der Waals surface area contributed by atoms with E-state index in [0.29, 0.717) is 0 Å². The smallest absolute Gasteiger partial charge is 0.171 e. The largest absolute Gasteiger partial charge is 0.385 e. The van der Waals surface area contributed by atoms with Crippen molar-refractivity contribution < 1.29 is 4.79 Å². The van der Waals surface area contributed by atoms with E-state index >= 15 is 0 Å². The third-order valence-electron chi connectivity index (χ3n) is 2.60. The van der Waals surface area contributed by atoms with E-state index in [9.17, 15) is 4.79 Å². The molecular formula is C14H16N2OS. The molecule has 0 fully saturated rings. The molecule has 1 aromatic heterocycles. The van der Waals surface area contributed by atoms with Gasteiger partial charge < -0.3 is 5.32 Å². The molecule has 0 saturated heterocycles. The predicted molar refractivity (Wildman–Crippen MR) is 75.5 cm³/mol. The molecule has 18 heavy (non-hydrogen) atoms. The van der Waals surface area contributed by atoms with Crippen molar-refractivity contribution in [1.29, 1.82) is 0 Å². The number of rotatable bonds is 5. The van der Waals surface area contributed by atoms with E-state index in [-0.39, 0.29) is 5.78 Å². The van der Waals surface area contributed by atoms with Gasteiger partial charge in [0.1, 0.15) is 0 Å². The highest BCUT2D eigenvalue weighted by atomic mass is 32.1. The summed E-state index contributed by atoms with van der Waals surface area (Å²) in [7, 11) is 0. The highest BCUT2D eigenvalue weighted by Gasteiger charge is 2.10. The van der Waals surface area contributed by atoms with Crippen molar-refractivity contribution >= 4 is 22.8 Å². The molecule has 2 rings (SSSR count). The van der Waals surface area contributed by atoms with Crippen molar-refractivity contribution in [2.75, 3.05) is 11.9 Å². The van der Waals surface area contributed by atoms with Gasteiger partial charge in [0.2, 0.25) is 0 Å². The van der Waals surface area contributed by atoms with Gasteiger partial charge in [0.05, 0.1) is 15.6 Å². The Morgan fingerprint density at radius 1 is 1.33 bits per heavy atom. The van der Waals surface area contributed by atoms with E-state index in [2.05, 4.69) is 10.3 Å². The topological polar surface area (TPSA) is 42.0 Å². The van der Waals surface area contributed by atoms with Crippen LogP contribution < -0.4 is 5.32 Å². The van der Waals surface area contributed by atoms with Gasteiger partial charge in [-0.25, -0.2) is 4.98 Å². The number of aryl methyl sites for hydroxylation is 1. The van der Waals surface area contributed by atoms with E-state index in [0.717, 1.165) is 34.2 Å². The summed E-state index contributed by atoms with van der Waals surface area (Å²) >= 11 is 1.50. The minimum Gasteiger partial charge on any atom is -0.385 e. The van der Waals surface area contributed by atoms with Crippen LogP contribution in [0.4, 0.5) is 5.69 Å². The molecule has 1 N–H and O–H groups in total. The normalized spacial score (nSPS) is 10.3. The minimum absolute atomic E-state index is 0.104. The first-order chi connectivity index (χ1) is 8.66. The number of carbonyl (C=O) groups is 1. The first-order valence-electron chi connectivity index (χ1n) is 5.93. The molecule has 0 spiro atoms. The summed E-state index contributed by atoms with van der Waals surface area (Å²) in [4.78, 5) is 16.5. The van der Waals surface area contributed by atoms with E-state index in [1.54, 1.807) is 6.92 Å². The van der Waals surface area contributed by atoms with E-state index < -0.39 is 0 Å². The Morgan fingerprint density at radius 2 is 2.06 bits per heavy atom. The summed E-state index contributed by atoms with van der Waals surface area (Å²) in [5, 5.41) is 4.35. The molecule has 1 aromatic carbocycles. The van der Waals surface area contributed by atoms with Crippen LogP contribution in [0, 0.1) is 6.92 Å². The minimum atomic E-state index is 0.104. The number of anilines is 1. The number of thiazole rings is 1. The standard InChI is InChI=1S/C14H16N2OS/c1-10-14(11(2)17)18-13(16-10)8-9-15-12-6-4-3-5-7-12/h3-7,15H,8-9H2,1-2H3. The molecule has 0 radical (unpaired) electrons. The molecule has 0 bridgehead atoms. The van der Waals surface area contributed by atoms with Crippen LogP contribution >= 0.6 is 11.3 Å². The lowest BCUT2D eigenvalue weighted by atomic mass is 10.3. The van der Waals surface area contributed by atoms with Crippen LogP contribution in [0.5, 0.6) is 0 Å². The maximum atomic E-state index is 11.3. The van der Waals surface area contributed by atoms with Gasteiger partial charge in [-0.1, -0.05) is 18.2 Å². The second-order valence-corrected chi connectivity index (χ2v) is 5.20. The second-order valence-electron chi connectivity index (χ2n) is 4.12. The Morgan fingerprint density at radius 3 is 2.67 bits per heavy atom. The molecule has 0 atom stereocenters. The first kappa shape index (κ1) is 12.8. The Hall–Kier alpha value is -1.68. The summed E-state index contributed by atoms with van der Waals surface area (Å²) in [6.45, 7) is 4.31. The van der Waals surface area contributed by atoms with E-state index in [1.165, 1.54) is 11.3 Å². The number of carbonyl (C=O) groups excluding carboxylic acids is 1. The highest BCUT2D eigenvalue weighted by Crippen LogP contribution is 2.19. The number of nitrogens with zero attached hydrogens (tertiary/aromatic N) is 1. The van der Waals surface area contributed by atoms with Gasteiger partial charge in [-0.2, -0.15) is 0 Å². The Kier molecular flexibility index (Phi) is 4.10. The predicted octanol–water partition coefficient (Wildman–Crippen LogP) is 3.31. The van der Waals surface area contributed by atoms with Crippen molar-refractivity contribution in [3.63, 3.8) is 0 Å². The monoisotopic (exact) mass is 260 g/mol. The number of ketones is 1. The molecule has 0 unspecified atom stereocenters. The average molecular weight is 260 g/mol. The van der Waals surface area contributed by atoms with Crippen molar-refractivity contribution in [1.82, 2.24) is 4.98 Å². The lowest BCUT2D eigenvalue weighted by Gasteiger charge is -2.03. The number of hydrogen-bond donors (Lipinski definition) is 1. The number of aromatic nitrogens is 1. The summed E-state index contributed by atoms with van der Waals surface area (Å²) in [5.74, 6) is 0.104. The van der Waals surface area contributed by atoms with Gasteiger partial charge in [-0.05, 0) is 19.1 Å². The number of Topliss-reactive ketones (excluding diaryl/α,β-unsaturated/α-hetero) is 1. The quantitative estimate of drug-likeness (QED) is 0.839. The molecule has 0 aliphatic rings. The van der Waals surface area contributed by atoms with Crippen molar-refractivity contribution in [2.24, 2.45) is 0 Å². The summed E-state index contributed by atoms with van der Waals surface area (Å²) in [6, 6.07) is 10.1. The zero-order chi connectivity index (χ0) is 13.0. The third kappa shape index (κ3) is 3.17. The molecule has 0 amide bonds. The van der Waals surface area contributed by atoms with Crippen molar-refractivity contribution in [3.05, 3.63) is 45.9 Å². The van der Waals surface area contributed by atoms with Crippen LogP contribution in [0.25, 0.3) is 0 Å². The first-order valence-corrected chi connectivity index (χ1v) is 6.74. The molecule has 1 heterocycles. The second kappa shape index (κ2) is 5.78. The Bertz CT molecular complexity index is 534. The van der Waals surface area contributed by atoms with Crippen LogP contribution in [-0.2, 0) is 6.42 Å². The zero-order valence-corrected chi connectivity index (χ0v) is 11.4.